The Hall–Kier alpha value is -1.26. The van der Waals surface area contributed by atoms with Crippen molar-refractivity contribution in [1.29, 1.82) is 0 Å². The van der Waals surface area contributed by atoms with Crippen molar-refractivity contribution >= 4 is 11.7 Å². The molecule has 19 heavy (non-hydrogen) atoms. The number of hydrogen-bond donors (Lipinski definition) is 3. The maximum absolute atomic E-state index is 12.2. The van der Waals surface area contributed by atoms with E-state index in [1.807, 2.05) is 6.92 Å². The predicted molar refractivity (Wildman–Crippen MR) is 76.0 cm³/mol. The van der Waals surface area contributed by atoms with Crippen molar-refractivity contribution in [3.8, 4) is 0 Å². The summed E-state index contributed by atoms with van der Waals surface area (Å²) in [6.07, 6.45) is 7.62. The molecule has 5 heteroatoms. The number of amidine groups is 1. The van der Waals surface area contributed by atoms with Crippen LogP contribution in [-0.2, 0) is 4.79 Å². The van der Waals surface area contributed by atoms with Crippen molar-refractivity contribution in [1.82, 2.24) is 5.32 Å². The highest BCUT2D eigenvalue weighted by Gasteiger charge is 2.27. The molecule has 1 fully saturated rings. The second-order valence-electron chi connectivity index (χ2n) is 5.56. The molecule has 0 heterocycles. The molecular weight excluding hydrogens is 242 g/mol. The summed E-state index contributed by atoms with van der Waals surface area (Å²) in [6.45, 7) is 4.04. The minimum atomic E-state index is -0.513. The van der Waals surface area contributed by atoms with E-state index in [0.29, 0.717) is 12.3 Å². The lowest BCUT2D eigenvalue weighted by atomic mass is 9.84. The van der Waals surface area contributed by atoms with Crippen LogP contribution < -0.4 is 11.1 Å². The standard InChI is InChI=1S/C14H27N3O2/c1-3-7-12(13(15)17-19)14(18)16-10(2)11-8-5-4-6-9-11/h10-12,19H,3-9H2,1-2H3,(H2,15,17)(H,16,18). The van der Waals surface area contributed by atoms with Crippen molar-refractivity contribution in [3.05, 3.63) is 0 Å². The Morgan fingerprint density at radius 1 is 1.42 bits per heavy atom. The molecule has 2 unspecified atom stereocenters. The molecule has 5 nitrogen and oxygen atoms in total. The number of carbonyl (C=O) groups is 1. The molecule has 110 valence electrons. The molecule has 0 aliphatic heterocycles. The summed E-state index contributed by atoms with van der Waals surface area (Å²) in [5.74, 6) is -0.0567. The Morgan fingerprint density at radius 3 is 2.58 bits per heavy atom. The van der Waals surface area contributed by atoms with Crippen LogP contribution >= 0.6 is 0 Å². The van der Waals surface area contributed by atoms with Gasteiger partial charge in [0.15, 0.2) is 5.84 Å². The van der Waals surface area contributed by atoms with Gasteiger partial charge >= 0.3 is 0 Å². The van der Waals surface area contributed by atoms with Crippen LogP contribution in [-0.4, -0.2) is 23.0 Å². The van der Waals surface area contributed by atoms with Gasteiger partial charge in [0.05, 0.1) is 5.92 Å². The highest BCUT2D eigenvalue weighted by atomic mass is 16.4. The predicted octanol–water partition coefficient (Wildman–Crippen LogP) is 2.23. The lowest BCUT2D eigenvalue weighted by Gasteiger charge is -2.29. The fourth-order valence-electron chi connectivity index (χ4n) is 2.85. The van der Waals surface area contributed by atoms with E-state index in [0.717, 1.165) is 6.42 Å². The van der Waals surface area contributed by atoms with E-state index in [4.69, 9.17) is 10.9 Å². The average molecular weight is 269 g/mol. The van der Waals surface area contributed by atoms with E-state index < -0.39 is 5.92 Å². The second-order valence-corrected chi connectivity index (χ2v) is 5.56. The molecular formula is C14H27N3O2. The normalized spacial score (nSPS) is 20.8. The summed E-state index contributed by atoms with van der Waals surface area (Å²) in [5, 5.41) is 14.8. The van der Waals surface area contributed by atoms with Crippen LogP contribution in [0, 0.1) is 11.8 Å². The van der Waals surface area contributed by atoms with Crippen LogP contribution in [0.25, 0.3) is 0 Å². The molecule has 0 spiro atoms. The van der Waals surface area contributed by atoms with E-state index in [9.17, 15) is 4.79 Å². The lowest BCUT2D eigenvalue weighted by Crippen LogP contribution is -2.45. The molecule has 1 aliphatic rings. The van der Waals surface area contributed by atoms with Gasteiger partial charge in [0.25, 0.3) is 0 Å². The molecule has 1 rings (SSSR count). The van der Waals surface area contributed by atoms with Crippen LogP contribution in [0.5, 0.6) is 0 Å². The van der Waals surface area contributed by atoms with E-state index in [2.05, 4.69) is 17.4 Å². The summed E-state index contributed by atoms with van der Waals surface area (Å²) in [5.41, 5.74) is 5.60. The molecule has 1 saturated carbocycles. The van der Waals surface area contributed by atoms with Crippen LogP contribution in [0.15, 0.2) is 5.16 Å². The zero-order chi connectivity index (χ0) is 14.3. The summed E-state index contributed by atoms with van der Waals surface area (Å²) in [4.78, 5) is 12.2. The molecule has 4 N–H and O–H groups in total. The smallest absolute Gasteiger partial charge is 0.231 e. The number of hydrogen-bond acceptors (Lipinski definition) is 3. The maximum Gasteiger partial charge on any atom is 0.231 e. The van der Waals surface area contributed by atoms with Gasteiger partial charge in [-0.05, 0) is 32.1 Å². The summed E-state index contributed by atoms with van der Waals surface area (Å²) in [6, 6.07) is 0.165. The molecule has 0 aromatic rings. The fourth-order valence-corrected chi connectivity index (χ4v) is 2.85. The Labute approximate surface area is 115 Å². The molecule has 1 amide bonds. The lowest BCUT2D eigenvalue weighted by molar-refractivity contribution is -0.124. The number of nitrogens with zero attached hydrogens (tertiary/aromatic N) is 1. The largest absolute Gasteiger partial charge is 0.409 e. The average Bonchev–Trinajstić information content (AvgIpc) is 2.44. The van der Waals surface area contributed by atoms with Crippen LogP contribution in [0.1, 0.15) is 58.8 Å². The van der Waals surface area contributed by atoms with E-state index in [-0.39, 0.29) is 17.8 Å². The van der Waals surface area contributed by atoms with Crippen molar-refractivity contribution in [3.63, 3.8) is 0 Å². The maximum atomic E-state index is 12.2. The van der Waals surface area contributed by atoms with Gasteiger partial charge in [0.1, 0.15) is 0 Å². The quantitative estimate of drug-likeness (QED) is 0.299. The Morgan fingerprint density at radius 2 is 2.05 bits per heavy atom. The first-order chi connectivity index (χ1) is 9.10. The number of rotatable bonds is 6. The summed E-state index contributed by atoms with van der Waals surface area (Å²) in [7, 11) is 0. The van der Waals surface area contributed by atoms with Crippen LogP contribution in [0.2, 0.25) is 0 Å². The van der Waals surface area contributed by atoms with Gasteiger partial charge < -0.3 is 16.3 Å². The number of nitrogens with two attached hydrogens (primary N) is 1. The highest BCUT2D eigenvalue weighted by molar-refractivity contribution is 6.02. The first-order valence-electron chi connectivity index (χ1n) is 7.37. The summed E-state index contributed by atoms with van der Waals surface area (Å²) < 4.78 is 0. The monoisotopic (exact) mass is 269 g/mol. The van der Waals surface area contributed by atoms with Crippen molar-refractivity contribution in [2.24, 2.45) is 22.7 Å². The SMILES string of the molecule is CCCC(C(=O)NC(C)C1CCCCC1)C(N)=NO. The molecule has 0 bridgehead atoms. The Balaban J connectivity index is 2.54. The molecule has 2 atom stereocenters. The van der Waals surface area contributed by atoms with Crippen LogP contribution in [0.4, 0.5) is 0 Å². The molecule has 1 aliphatic carbocycles. The fraction of sp³-hybridized carbons (Fsp3) is 0.857. The second kappa shape index (κ2) is 8.02. The Bertz CT molecular complexity index is 312. The van der Waals surface area contributed by atoms with Gasteiger partial charge in [-0.15, -0.1) is 0 Å². The zero-order valence-electron chi connectivity index (χ0n) is 12.1. The minimum Gasteiger partial charge on any atom is -0.409 e. The van der Waals surface area contributed by atoms with Gasteiger partial charge in [-0.2, -0.15) is 0 Å². The number of carbonyl (C=O) groups excluding carboxylic acids is 1. The van der Waals surface area contributed by atoms with Gasteiger partial charge in [0.2, 0.25) is 5.91 Å². The summed E-state index contributed by atoms with van der Waals surface area (Å²) >= 11 is 0. The van der Waals surface area contributed by atoms with Crippen molar-refractivity contribution in [2.45, 2.75) is 64.8 Å². The third-order valence-corrected chi connectivity index (χ3v) is 4.09. The van der Waals surface area contributed by atoms with E-state index in [1.165, 1.54) is 32.1 Å². The first-order valence-corrected chi connectivity index (χ1v) is 7.37. The highest BCUT2D eigenvalue weighted by Crippen LogP contribution is 2.26. The molecule has 0 saturated heterocycles. The third kappa shape index (κ3) is 4.73. The third-order valence-electron chi connectivity index (χ3n) is 4.09. The first kappa shape index (κ1) is 15.8. The van der Waals surface area contributed by atoms with Crippen LogP contribution in [0.3, 0.4) is 0 Å². The minimum absolute atomic E-state index is 0.00944. The van der Waals surface area contributed by atoms with E-state index in [1.54, 1.807) is 0 Å². The Kier molecular flexibility index (Phi) is 6.67. The topological polar surface area (TPSA) is 87.7 Å². The number of nitrogens with one attached hydrogen (secondary N) is 1. The molecule has 0 radical (unpaired) electrons. The van der Waals surface area contributed by atoms with Gasteiger partial charge in [0, 0.05) is 6.04 Å². The van der Waals surface area contributed by atoms with Crippen molar-refractivity contribution in [2.75, 3.05) is 0 Å². The van der Waals surface area contributed by atoms with Gasteiger partial charge in [-0.25, -0.2) is 0 Å². The number of amides is 1. The van der Waals surface area contributed by atoms with E-state index >= 15 is 0 Å². The van der Waals surface area contributed by atoms with Crippen molar-refractivity contribution < 1.29 is 10.0 Å². The zero-order valence-corrected chi connectivity index (χ0v) is 12.1. The molecule has 0 aromatic heterocycles. The number of oxime groups is 1. The van der Waals surface area contributed by atoms with Gasteiger partial charge in [-0.3, -0.25) is 4.79 Å². The molecule has 0 aromatic carbocycles. The van der Waals surface area contributed by atoms with Gasteiger partial charge in [-0.1, -0.05) is 37.8 Å².